The topological polar surface area (TPSA) is 73.3 Å². The van der Waals surface area contributed by atoms with E-state index < -0.39 is 0 Å². The van der Waals surface area contributed by atoms with Gasteiger partial charge in [-0.3, -0.25) is 10.1 Å². The molecule has 0 aliphatic rings. The van der Waals surface area contributed by atoms with Gasteiger partial charge in [0.1, 0.15) is 16.5 Å². The Bertz CT molecular complexity index is 865. The lowest BCUT2D eigenvalue weighted by molar-refractivity contribution is 0.102. The van der Waals surface area contributed by atoms with Gasteiger partial charge in [0.15, 0.2) is 0 Å². The second kappa shape index (κ2) is 7.76. The second-order valence-corrected chi connectivity index (χ2v) is 6.25. The Labute approximate surface area is 149 Å². The molecule has 0 aliphatic carbocycles. The molecule has 0 atom stereocenters. The Morgan fingerprint density at radius 3 is 2.60 bits per heavy atom. The van der Waals surface area contributed by atoms with Crippen molar-refractivity contribution in [1.82, 2.24) is 10.2 Å². The maximum absolute atomic E-state index is 12.5. The van der Waals surface area contributed by atoms with Crippen molar-refractivity contribution in [2.24, 2.45) is 0 Å². The van der Waals surface area contributed by atoms with E-state index >= 15 is 0 Å². The standard InChI is InChI=1S/C18H17N3O3S/c1-23-13-8-9-14(15(11-13)24-2)17(22)19-18-21-20-16(25-18)10-12-6-4-3-5-7-12/h3-9,11H,10H2,1-2H3,(H,19,21,22). The zero-order valence-corrected chi connectivity index (χ0v) is 14.7. The number of anilines is 1. The van der Waals surface area contributed by atoms with E-state index in [9.17, 15) is 4.79 Å². The van der Waals surface area contributed by atoms with Gasteiger partial charge in [0, 0.05) is 12.5 Å². The Hall–Kier alpha value is -2.93. The van der Waals surface area contributed by atoms with E-state index in [1.807, 2.05) is 30.3 Å². The summed E-state index contributed by atoms with van der Waals surface area (Å²) in [6.07, 6.45) is 0.681. The molecule has 1 heterocycles. The number of ether oxygens (including phenoxy) is 2. The van der Waals surface area contributed by atoms with E-state index in [4.69, 9.17) is 9.47 Å². The van der Waals surface area contributed by atoms with Crippen LogP contribution in [0.4, 0.5) is 5.13 Å². The van der Waals surface area contributed by atoms with Gasteiger partial charge in [-0.2, -0.15) is 0 Å². The Kier molecular flexibility index (Phi) is 5.25. The van der Waals surface area contributed by atoms with Crippen LogP contribution in [-0.2, 0) is 6.42 Å². The van der Waals surface area contributed by atoms with Crippen LogP contribution in [0.15, 0.2) is 48.5 Å². The van der Waals surface area contributed by atoms with Gasteiger partial charge in [-0.05, 0) is 17.7 Å². The summed E-state index contributed by atoms with van der Waals surface area (Å²) in [5.74, 6) is 0.752. The second-order valence-electron chi connectivity index (χ2n) is 5.18. The average molecular weight is 355 g/mol. The summed E-state index contributed by atoms with van der Waals surface area (Å²) in [5.41, 5.74) is 1.55. The maximum atomic E-state index is 12.5. The minimum Gasteiger partial charge on any atom is -0.497 e. The van der Waals surface area contributed by atoms with Crippen LogP contribution in [0.2, 0.25) is 0 Å². The molecule has 1 amide bonds. The lowest BCUT2D eigenvalue weighted by Crippen LogP contribution is -2.13. The van der Waals surface area contributed by atoms with Crippen molar-refractivity contribution in [2.75, 3.05) is 19.5 Å². The predicted octanol–water partition coefficient (Wildman–Crippen LogP) is 3.40. The Morgan fingerprint density at radius 1 is 1.08 bits per heavy atom. The van der Waals surface area contributed by atoms with E-state index in [0.29, 0.717) is 28.6 Å². The smallest absolute Gasteiger partial charge is 0.261 e. The van der Waals surface area contributed by atoms with E-state index in [0.717, 1.165) is 10.6 Å². The van der Waals surface area contributed by atoms with E-state index in [2.05, 4.69) is 15.5 Å². The summed E-state index contributed by atoms with van der Waals surface area (Å²) < 4.78 is 10.4. The summed E-state index contributed by atoms with van der Waals surface area (Å²) in [5, 5.41) is 12.2. The van der Waals surface area contributed by atoms with E-state index in [1.54, 1.807) is 25.3 Å². The van der Waals surface area contributed by atoms with Crippen LogP contribution in [0, 0.1) is 0 Å². The van der Waals surface area contributed by atoms with Crippen molar-refractivity contribution in [3.8, 4) is 11.5 Å². The van der Waals surface area contributed by atoms with Crippen LogP contribution in [-0.4, -0.2) is 30.3 Å². The fourth-order valence-corrected chi connectivity index (χ4v) is 3.07. The number of benzene rings is 2. The summed E-state index contributed by atoms with van der Waals surface area (Å²) >= 11 is 1.35. The molecule has 128 valence electrons. The molecule has 0 radical (unpaired) electrons. The summed E-state index contributed by atoms with van der Waals surface area (Å²) in [4.78, 5) is 12.5. The van der Waals surface area contributed by atoms with Crippen molar-refractivity contribution < 1.29 is 14.3 Å². The third-order valence-electron chi connectivity index (χ3n) is 3.54. The van der Waals surface area contributed by atoms with Gasteiger partial charge in [0.2, 0.25) is 5.13 Å². The number of methoxy groups -OCH3 is 2. The molecule has 25 heavy (non-hydrogen) atoms. The molecule has 0 aliphatic heterocycles. The molecule has 0 unspecified atom stereocenters. The maximum Gasteiger partial charge on any atom is 0.261 e. The molecular weight excluding hydrogens is 338 g/mol. The summed E-state index contributed by atoms with van der Waals surface area (Å²) in [6.45, 7) is 0. The lowest BCUT2D eigenvalue weighted by Gasteiger charge is -2.09. The number of carbonyl (C=O) groups excluding carboxylic acids is 1. The van der Waals surface area contributed by atoms with Crippen LogP contribution in [0.5, 0.6) is 11.5 Å². The third kappa shape index (κ3) is 4.13. The van der Waals surface area contributed by atoms with Crippen LogP contribution in [0.1, 0.15) is 20.9 Å². The van der Waals surface area contributed by atoms with Gasteiger partial charge >= 0.3 is 0 Å². The van der Waals surface area contributed by atoms with Gasteiger partial charge < -0.3 is 9.47 Å². The fourth-order valence-electron chi connectivity index (χ4n) is 2.30. The molecule has 3 aromatic rings. The number of carbonyl (C=O) groups is 1. The van der Waals surface area contributed by atoms with Crippen molar-refractivity contribution in [1.29, 1.82) is 0 Å². The first-order valence-electron chi connectivity index (χ1n) is 7.59. The van der Waals surface area contributed by atoms with Gasteiger partial charge in [-0.1, -0.05) is 41.7 Å². The molecule has 6 nitrogen and oxygen atoms in total. The quantitative estimate of drug-likeness (QED) is 0.734. The van der Waals surface area contributed by atoms with Crippen molar-refractivity contribution in [3.63, 3.8) is 0 Å². The van der Waals surface area contributed by atoms with Gasteiger partial charge in [-0.25, -0.2) is 0 Å². The number of nitrogens with one attached hydrogen (secondary N) is 1. The highest BCUT2D eigenvalue weighted by molar-refractivity contribution is 7.15. The Morgan fingerprint density at radius 2 is 1.88 bits per heavy atom. The summed E-state index contributed by atoms with van der Waals surface area (Å²) in [7, 11) is 3.07. The predicted molar refractivity (Wildman–Crippen MR) is 96.7 cm³/mol. The molecule has 0 saturated carbocycles. The van der Waals surface area contributed by atoms with Gasteiger partial charge in [0.25, 0.3) is 5.91 Å². The van der Waals surface area contributed by atoms with E-state index in [1.165, 1.54) is 18.4 Å². The molecule has 1 N–H and O–H groups in total. The highest BCUT2D eigenvalue weighted by atomic mass is 32.1. The lowest BCUT2D eigenvalue weighted by atomic mass is 10.2. The molecule has 0 spiro atoms. The number of hydrogen-bond acceptors (Lipinski definition) is 6. The monoisotopic (exact) mass is 355 g/mol. The Balaban J connectivity index is 1.71. The summed E-state index contributed by atoms with van der Waals surface area (Å²) in [6, 6.07) is 15.0. The number of aromatic nitrogens is 2. The van der Waals surface area contributed by atoms with Crippen LogP contribution < -0.4 is 14.8 Å². The third-order valence-corrected chi connectivity index (χ3v) is 4.38. The average Bonchev–Trinajstić information content (AvgIpc) is 3.08. The zero-order valence-electron chi connectivity index (χ0n) is 13.9. The normalized spacial score (nSPS) is 10.3. The first kappa shape index (κ1) is 16.9. The zero-order chi connectivity index (χ0) is 17.6. The van der Waals surface area contributed by atoms with Crippen molar-refractivity contribution in [2.45, 2.75) is 6.42 Å². The molecule has 2 aromatic carbocycles. The molecule has 3 rings (SSSR count). The molecule has 0 saturated heterocycles. The fraction of sp³-hybridized carbons (Fsp3) is 0.167. The van der Waals surface area contributed by atoms with Crippen molar-refractivity contribution >= 4 is 22.4 Å². The van der Waals surface area contributed by atoms with Crippen LogP contribution in [0.25, 0.3) is 0 Å². The van der Waals surface area contributed by atoms with Crippen LogP contribution >= 0.6 is 11.3 Å². The first-order chi connectivity index (χ1) is 12.2. The number of nitrogens with zero attached hydrogens (tertiary/aromatic N) is 2. The van der Waals surface area contributed by atoms with Gasteiger partial charge in [0.05, 0.1) is 19.8 Å². The number of amides is 1. The van der Waals surface area contributed by atoms with E-state index in [-0.39, 0.29) is 5.91 Å². The largest absolute Gasteiger partial charge is 0.497 e. The van der Waals surface area contributed by atoms with Crippen LogP contribution in [0.3, 0.4) is 0 Å². The SMILES string of the molecule is COc1ccc(C(=O)Nc2nnc(Cc3ccccc3)s2)c(OC)c1. The number of hydrogen-bond donors (Lipinski definition) is 1. The molecule has 7 heteroatoms. The van der Waals surface area contributed by atoms with Crippen molar-refractivity contribution in [3.05, 3.63) is 64.7 Å². The molecule has 0 bridgehead atoms. The highest BCUT2D eigenvalue weighted by Crippen LogP contribution is 2.26. The van der Waals surface area contributed by atoms with Gasteiger partial charge in [-0.15, -0.1) is 10.2 Å². The highest BCUT2D eigenvalue weighted by Gasteiger charge is 2.15. The minimum absolute atomic E-state index is 0.304. The molecule has 1 aromatic heterocycles. The number of rotatable bonds is 6. The minimum atomic E-state index is -0.304. The molecular formula is C18H17N3O3S. The first-order valence-corrected chi connectivity index (χ1v) is 8.41. The molecule has 0 fully saturated rings.